The number of nitrogens with one attached hydrogen (secondary N) is 1. The third kappa shape index (κ3) is 3.90. The first kappa shape index (κ1) is 17.2. The van der Waals surface area contributed by atoms with Crippen LogP contribution in [0, 0.1) is 0 Å². The van der Waals surface area contributed by atoms with E-state index in [4.69, 9.17) is 34.8 Å². The molecule has 1 N–H and O–H groups in total. The molecule has 0 bridgehead atoms. The normalized spacial score (nSPS) is 10.6. The number of anilines is 1. The molecule has 0 saturated carbocycles. The van der Waals surface area contributed by atoms with E-state index in [9.17, 15) is 4.79 Å². The molecule has 122 valence electrons. The van der Waals surface area contributed by atoms with Gasteiger partial charge in [0.25, 0.3) is 5.91 Å². The zero-order valence-electron chi connectivity index (χ0n) is 12.2. The van der Waals surface area contributed by atoms with Crippen molar-refractivity contribution >= 4 is 57.2 Å². The molecule has 0 aliphatic carbocycles. The number of carbonyl (C=O) groups is 1. The van der Waals surface area contributed by atoms with Crippen LogP contribution in [0.5, 0.6) is 0 Å². The summed E-state index contributed by atoms with van der Waals surface area (Å²) in [4.78, 5) is 17.4. The van der Waals surface area contributed by atoms with Gasteiger partial charge in [-0.05, 0) is 23.8 Å². The maximum atomic E-state index is 12.2. The van der Waals surface area contributed by atoms with Crippen molar-refractivity contribution in [2.24, 2.45) is 0 Å². The molecule has 24 heavy (non-hydrogen) atoms. The number of nitrogens with zero attached hydrogens (tertiary/aromatic N) is 1. The maximum absolute atomic E-state index is 12.2. The van der Waals surface area contributed by atoms with Crippen LogP contribution in [-0.2, 0) is 6.42 Å². The smallest absolute Gasteiger partial charge is 0.258 e. The van der Waals surface area contributed by atoms with E-state index in [-0.39, 0.29) is 5.91 Å². The molecule has 0 aliphatic heterocycles. The molecule has 3 aromatic rings. The van der Waals surface area contributed by atoms with Crippen LogP contribution in [-0.4, -0.2) is 10.9 Å². The van der Waals surface area contributed by atoms with Crippen LogP contribution in [0.15, 0.2) is 48.7 Å². The van der Waals surface area contributed by atoms with Crippen LogP contribution >= 0.6 is 46.1 Å². The molecule has 1 aromatic heterocycles. The van der Waals surface area contributed by atoms with Crippen LogP contribution in [0.2, 0.25) is 15.1 Å². The van der Waals surface area contributed by atoms with E-state index >= 15 is 0 Å². The summed E-state index contributed by atoms with van der Waals surface area (Å²) in [6.07, 6.45) is 2.31. The quantitative estimate of drug-likeness (QED) is 0.591. The molecule has 7 heteroatoms. The van der Waals surface area contributed by atoms with Crippen molar-refractivity contribution in [3.05, 3.63) is 79.7 Å². The van der Waals surface area contributed by atoms with E-state index in [1.54, 1.807) is 36.5 Å². The number of aromatic nitrogens is 1. The predicted molar refractivity (Wildman–Crippen MR) is 101 cm³/mol. The van der Waals surface area contributed by atoms with Crippen LogP contribution in [0.25, 0.3) is 0 Å². The summed E-state index contributed by atoms with van der Waals surface area (Å²) in [5.74, 6) is -0.290. The number of rotatable bonds is 4. The Labute approximate surface area is 158 Å². The van der Waals surface area contributed by atoms with Gasteiger partial charge in [-0.15, -0.1) is 11.3 Å². The average molecular weight is 398 g/mol. The fourth-order valence-corrected chi connectivity index (χ4v) is 3.57. The minimum absolute atomic E-state index is 0.290. The summed E-state index contributed by atoms with van der Waals surface area (Å²) < 4.78 is 0. The molecule has 0 saturated heterocycles. The monoisotopic (exact) mass is 396 g/mol. The number of hydrogen-bond acceptors (Lipinski definition) is 3. The standard InChI is InChI=1S/C17H11Cl3N2OS/c18-13-6-2-1-5-12(13)16(23)22-17-21-9-11(24-17)8-10-4-3-7-14(19)15(10)20/h1-7,9H,8H2,(H,21,22,23). The minimum Gasteiger partial charge on any atom is -0.298 e. The number of amides is 1. The van der Waals surface area contributed by atoms with Gasteiger partial charge in [-0.3, -0.25) is 10.1 Å². The lowest BCUT2D eigenvalue weighted by Crippen LogP contribution is -2.11. The van der Waals surface area contributed by atoms with E-state index < -0.39 is 0 Å². The van der Waals surface area contributed by atoms with E-state index in [1.807, 2.05) is 12.1 Å². The van der Waals surface area contributed by atoms with Crippen molar-refractivity contribution in [3.63, 3.8) is 0 Å². The second-order valence-electron chi connectivity index (χ2n) is 4.96. The van der Waals surface area contributed by atoms with Gasteiger partial charge >= 0.3 is 0 Å². The van der Waals surface area contributed by atoms with E-state index in [1.165, 1.54) is 11.3 Å². The molecule has 0 spiro atoms. The summed E-state index contributed by atoms with van der Waals surface area (Å²) in [6.45, 7) is 0. The van der Waals surface area contributed by atoms with Crippen molar-refractivity contribution in [1.82, 2.24) is 4.98 Å². The molecule has 1 amide bonds. The fourth-order valence-electron chi connectivity index (χ4n) is 2.13. The van der Waals surface area contributed by atoms with Crippen molar-refractivity contribution in [2.45, 2.75) is 6.42 Å². The predicted octanol–water partition coefficient (Wildman–Crippen LogP) is 5.95. The SMILES string of the molecule is O=C(Nc1ncc(Cc2cccc(Cl)c2Cl)s1)c1ccccc1Cl. The van der Waals surface area contributed by atoms with Gasteiger partial charge in [-0.25, -0.2) is 4.98 Å². The Balaban J connectivity index is 1.73. The molecule has 0 fully saturated rings. The van der Waals surface area contributed by atoms with Crippen molar-refractivity contribution < 1.29 is 4.79 Å². The Kier molecular flexibility index (Phi) is 5.41. The Morgan fingerprint density at radius 2 is 1.79 bits per heavy atom. The van der Waals surface area contributed by atoms with Crippen molar-refractivity contribution in [1.29, 1.82) is 0 Å². The minimum atomic E-state index is -0.290. The van der Waals surface area contributed by atoms with Crippen LogP contribution in [0.4, 0.5) is 5.13 Å². The lowest BCUT2D eigenvalue weighted by Gasteiger charge is -2.04. The van der Waals surface area contributed by atoms with E-state index in [0.29, 0.717) is 32.2 Å². The molecule has 1 heterocycles. The largest absolute Gasteiger partial charge is 0.298 e. The summed E-state index contributed by atoms with van der Waals surface area (Å²) >= 11 is 19.6. The van der Waals surface area contributed by atoms with Crippen LogP contribution in [0.3, 0.4) is 0 Å². The molecular formula is C17H11Cl3N2OS. The highest BCUT2D eigenvalue weighted by Gasteiger charge is 2.13. The Hall–Kier alpha value is -1.59. The topological polar surface area (TPSA) is 42.0 Å². The Morgan fingerprint density at radius 1 is 1.04 bits per heavy atom. The number of benzene rings is 2. The van der Waals surface area contributed by atoms with Gasteiger partial charge in [0, 0.05) is 17.5 Å². The number of thiazole rings is 1. The molecule has 2 aromatic carbocycles. The van der Waals surface area contributed by atoms with Gasteiger partial charge in [-0.1, -0.05) is 59.1 Å². The Morgan fingerprint density at radius 3 is 2.58 bits per heavy atom. The molecule has 3 nitrogen and oxygen atoms in total. The third-order valence-corrected chi connectivity index (χ3v) is 5.39. The first-order valence-corrected chi connectivity index (χ1v) is 8.93. The molecule has 0 radical (unpaired) electrons. The number of hydrogen-bond donors (Lipinski definition) is 1. The van der Waals surface area contributed by atoms with Gasteiger partial charge < -0.3 is 0 Å². The molecule has 0 unspecified atom stereocenters. The Bertz CT molecular complexity index is 895. The zero-order chi connectivity index (χ0) is 17.1. The summed E-state index contributed by atoms with van der Waals surface area (Å²) in [5.41, 5.74) is 1.32. The number of carbonyl (C=O) groups excluding carboxylic acids is 1. The second-order valence-corrected chi connectivity index (χ2v) is 7.26. The van der Waals surface area contributed by atoms with Crippen LogP contribution in [0.1, 0.15) is 20.8 Å². The fraction of sp³-hybridized carbons (Fsp3) is 0.0588. The van der Waals surface area contributed by atoms with Gasteiger partial charge in [0.15, 0.2) is 5.13 Å². The summed E-state index contributed by atoms with van der Waals surface area (Å²) in [5, 5.41) is 4.72. The zero-order valence-corrected chi connectivity index (χ0v) is 15.3. The first-order chi connectivity index (χ1) is 11.5. The second kappa shape index (κ2) is 7.53. The molecule has 0 aliphatic rings. The van der Waals surface area contributed by atoms with Gasteiger partial charge in [0.1, 0.15) is 0 Å². The highest BCUT2D eigenvalue weighted by Crippen LogP contribution is 2.29. The summed E-state index contributed by atoms with van der Waals surface area (Å²) in [6, 6.07) is 12.4. The number of halogens is 3. The lowest BCUT2D eigenvalue weighted by molar-refractivity contribution is 0.102. The molecular weight excluding hydrogens is 387 g/mol. The molecule has 0 atom stereocenters. The average Bonchev–Trinajstić information content (AvgIpc) is 2.99. The van der Waals surface area contributed by atoms with Gasteiger partial charge in [0.05, 0.1) is 20.6 Å². The van der Waals surface area contributed by atoms with Crippen molar-refractivity contribution in [2.75, 3.05) is 5.32 Å². The third-order valence-electron chi connectivity index (χ3n) is 3.29. The summed E-state index contributed by atoms with van der Waals surface area (Å²) in [7, 11) is 0. The first-order valence-electron chi connectivity index (χ1n) is 6.98. The van der Waals surface area contributed by atoms with Crippen molar-refractivity contribution in [3.8, 4) is 0 Å². The van der Waals surface area contributed by atoms with E-state index in [0.717, 1.165) is 10.4 Å². The highest BCUT2D eigenvalue weighted by molar-refractivity contribution is 7.15. The maximum Gasteiger partial charge on any atom is 0.258 e. The molecule has 3 rings (SSSR count). The highest BCUT2D eigenvalue weighted by atomic mass is 35.5. The lowest BCUT2D eigenvalue weighted by atomic mass is 10.1. The van der Waals surface area contributed by atoms with E-state index in [2.05, 4.69) is 10.3 Å². The van der Waals surface area contributed by atoms with Crippen LogP contribution < -0.4 is 5.32 Å². The van der Waals surface area contributed by atoms with Gasteiger partial charge in [-0.2, -0.15) is 0 Å². The van der Waals surface area contributed by atoms with Gasteiger partial charge in [0.2, 0.25) is 0 Å².